The van der Waals surface area contributed by atoms with E-state index in [0.717, 1.165) is 6.42 Å². The Labute approximate surface area is 168 Å². The average Bonchev–Trinajstić information content (AvgIpc) is 2.60. The number of carboxylic acids is 1. The molecule has 1 amide bonds. The van der Waals surface area contributed by atoms with Crippen LogP contribution in [0.15, 0.2) is 0 Å². The van der Waals surface area contributed by atoms with Crippen LogP contribution in [0.2, 0.25) is 0 Å². The zero-order chi connectivity index (χ0) is 21.3. The number of nitrogens with zero attached hydrogens (tertiary/aromatic N) is 1. The molecule has 0 radical (unpaired) electrons. The molecule has 0 aromatic carbocycles. The molecule has 0 atom stereocenters. The van der Waals surface area contributed by atoms with Gasteiger partial charge in [-0.3, -0.25) is 9.59 Å². The second-order valence-corrected chi connectivity index (χ2v) is 7.15. The second kappa shape index (κ2) is 27.1. The van der Waals surface area contributed by atoms with Crippen LogP contribution in [-0.2, 0) is 9.59 Å². The zero-order valence-electron chi connectivity index (χ0n) is 18.5. The minimum absolute atomic E-state index is 0.157. The number of carboxylic acid groups (broad SMARTS) is 1. The number of hydrogen-bond acceptors (Lipinski definition) is 4. The van der Waals surface area contributed by atoms with Crippen LogP contribution < -0.4 is 11.5 Å². The van der Waals surface area contributed by atoms with Gasteiger partial charge in [0.05, 0.1) is 6.54 Å². The summed E-state index contributed by atoms with van der Waals surface area (Å²) in [5, 5.41) is 7.60. The summed E-state index contributed by atoms with van der Waals surface area (Å²) >= 11 is 0. The SMILES string of the molecule is CCCCCCCCCCCCCC(N)=O.CCCN(C)C.NCC(=O)O. The minimum Gasteiger partial charge on any atom is -0.480 e. The summed E-state index contributed by atoms with van der Waals surface area (Å²) in [5.74, 6) is -1.12. The highest BCUT2D eigenvalue weighted by Crippen LogP contribution is 2.11. The van der Waals surface area contributed by atoms with E-state index >= 15 is 0 Å². The third-order valence-corrected chi connectivity index (χ3v) is 3.87. The summed E-state index contributed by atoms with van der Waals surface area (Å²) in [6, 6.07) is 0. The van der Waals surface area contributed by atoms with Crippen molar-refractivity contribution in [3.05, 3.63) is 0 Å². The van der Waals surface area contributed by atoms with Gasteiger partial charge in [0.2, 0.25) is 5.91 Å². The van der Waals surface area contributed by atoms with Crippen molar-refractivity contribution in [2.45, 2.75) is 97.3 Å². The maximum atomic E-state index is 10.5. The number of primary amides is 1. The third-order valence-electron chi connectivity index (χ3n) is 3.87. The molecule has 0 bridgehead atoms. The molecule has 27 heavy (non-hydrogen) atoms. The molecule has 5 N–H and O–H groups in total. The van der Waals surface area contributed by atoms with E-state index in [4.69, 9.17) is 10.8 Å². The lowest BCUT2D eigenvalue weighted by atomic mass is 10.1. The van der Waals surface area contributed by atoms with Crippen LogP contribution >= 0.6 is 0 Å². The fourth-order valence-corrected chi connectivity index (χ4v) is 2.41. The van der Waals surface area contributed by atoms with Gasteiger partial charge in [-0.25, -0.2) is 0 Å². The number of amides is 1. The molecule has 0 rings (SSSR count). The van der Waals surface area contributed by atoms with Crippen LogP contribution in [-0.4, -0.2) is 49.1 Å². The van der Waals surface area contributed by atoms with Crippen molar-refractivity contribution < 1.29 is 14.7 Å². The van der Waals surface area contributed by atoms with Gasteiger partial charge in [0.1, 0.15) is 0 Å². The molecule has 0 aliphatic rings. The number of carbonyl (C=O) groups excluding carboxylic acids is 1. The number of unbranched alkanes of at least 4 members (excludes halogenated alkanes) is 10. The Bertz CT molecular complexity index is 311. The Kier molecular flexibility index (Phi) is 30.7. The van der Waals surface area contributed by atoms with Gasteiger partial charge in [-0.15, -0.1) is 0 Å². The molecule has 6 nitrogen and oxygen atoms in total. The Hall–Kier alpha value is -1.14. The van der Waals surface area contributed by atoms with Gasteiger partial charge in [-0.05, 0) is 33.5 Å². The first kappa shape index (κ1) is 30.6. The Morgan fingerprint density at radius 2 is 1.15 bits per heavy atom. The van der Waals surface area contributed by atoms with Crippen molar-refractivity contribution >= 4 is 11.9 Å². The summed E-state index contributed by atoms with van der Waals surface area (Å²) in [4.78, 5) is 21.9. The predicted molar refractivity (Wildman–Crippen MR) is 116 cm³/mol. The first-order valence-corrected chi connectivity index (χ1v) is 10.7. The summed E-state index contributed by atoms with van der Waals surface area (Å²) in [7, 11) is 4.17. The van der Waals surface area contributed by atoms with Crippen molar-refractivity contribution in [3.8, 4) is 0 Å². The van der Waals surface area contributed by atoms with Crippen LogP contribution in [0.3, 0.4) is 0 Å². The quantitative estimate of drug-likeness (QED) is 0.364. The van der Waals surface area contributed by atoms with Crippen molar-refractivity contribution in [3.63, 3.8) is 0 Å². The average molecular weight is 390 g/mol. The number of carbonyl (C=O) groups is 2. The first-order chi connectivity index (χ1) is 12.8. The Morgan fingerprint density at radius 3 is 1.37 bits per heavy atom. The Morgan fingerprint density at radius 1 is 0.778 bits per heavy atom. The minimum atomic E-state index is -0.968. The monoisotopic (exact) mass is 389 g/mol. The lowest BCUT2D eigenvalue weighted by Gasteiger charge is -2.03. The maximum absolute atomic E-state index is 10.5. The number of aliphatic carboxylic acids is 1. The van der Waals surface area contributed by atoms with E-state index in [9.17, 15) is 9.59 Å². The molecule has 0 fully saturated rings. The third kappa shape index (κ3) is 45.7. The van der Waals surface area contributed by atoms with Crippen molar-refractivity contribution in [2.24, 2.45) is 11.5 Å². The van der Waals surface area contributed by atoms with E-state index in [0.29, 0.717) is 6.42 Å². The van der Waals surface area contributed by atoms with E-state index in [2.05, 4.69) is 38.6 Å². The maximum Gasteiger partial charge on any atom is 0.317 e. The predicted octanol–water partition coefficient (Wildman–Crippen LogP) is 4.16. The summed E-state index contributed by atoms with van der Waals surface area (Å²) in [5.41, 5.74) is 9.65. The van der Waals surface area contributed by atoms with Crippen molar-refractivity contribution in [1.29, 1.82) is 0 Å². The normalized spacial score (nSPS) is 9.85. The summed E-state index contributed by atoms with van der Waals surface area (Å²) < 4.78 is 0. The lowest BCUT2D eigenvalue weighted by molar-refractivity contribution is -0.135. The topological polar surface area (TPSA) is 110 Å². The molecular formula is C21H47N3O3. The van der Waals surface area contributed by atoms with Crippen LogP contribution in [0.4, 0.5) is 0 Å². The fraction of sp³-hybridized carbons (Fsp3) is 0.905. The van der Waals surface area contributed by atoms with Crippen LogP contribution in [0, 0.1) is 0 Å². The van der Waals surface area contributed by atoms with Gasteiger partial charge >= 0.3 is 5.97 Å². The van der Waals surface area contributed by atoms with Crippen LogP contribution in [0.1, 0.15) is 97.3 Å². The largest absolute Gasteiger partial charge is 0.480 e. The van der Waals surface area contributed by atoms with Gasteiger partial charge < -0.3 is 21.5 Å². The molecule has 0 unspecified atom stereocenters. The number of nitrogens with two attached hydrogens (primary N) is 2. The van der Waals surface area contributed by atoms with Crippen molar-refractivity contribution in [2.75, 3.05) is 27.2 Å². The fourth-order valence-electron chi connectivity index (χ4n) is 2.41. The van der Waals surface area contributed by atoms with E-state index in [1.54, 1.807) is 0 Å². The highest BCUT2D eigenvalue weighted by atomic mass is 16.4. The van der Waals surface area contributed by atoms with E-state index in [1.807, 2.05) is 0 Å². The van der Waals surface area contributed by atoms with Crippen LogP contribution in [0.25, 0.3) is 0 Å². The summed E-state index contributed by atoms with van der Waals surface area (Å²) in [6.07, 6.45) is 16.3. The molecule has 0 aromatic rings. The van der Waals surface area contributed by atoms with E-state index in [-0.39, 0.29) is 12.5 Å². The Balaban J connectivity index is -0.000000428. The molecule has 0 aliphatic carbocycles. The highest BCUT2D eigenvalue weighted by molar-refractivity contribution is 5.73. The van der Waals surface area contributed by atoms with Gasteiger partial charge in [-0.2, -0.15) is 0 Å². The molecular weight excluding hydrogens is 342 g/mol. The van der Waals surface area contributed by atoms with Gasteiger partial charge in [0, 0.05) is 6.42 Å². The van der Waals surface area contributed by atoms with Crippen molar-refractivity contribution in [1.82, 2.24) is 4.90 Å². The molecule has 0 heterocycles. The molecule has 6 heteroatoms. The summed E-state index contributed by atoms with van der Waals surface area (Å²) in [6.45, 7) is 5.37. The molecule has 0 saturated carbocycles. The van der Waals surface area contributed by atoms with Gasteiger partial charge in [0.15, 0.2) is 0 Å². The molecule has 0 aliphatic heterocycles. The smallest absolute Gasteiger partial charge is 0.317 e. The number of rotatable bonds is 15. The molecule has 0 saturated heterocycles. The van der Waals surface area contributed by atoms with E-state index < -0.39 is 5.97 Å². The molecule has 0 aromatic heterocycles. The molecule has 164 valence electrons. The second-order valence-electron chi connectivity index (χ2n) is 7.15. The standard InChI is InChI=1S/C14H29NO.C5H13N.C2H5NO2/c1-2-3-4-5-6-7-8-9-10-11-12-13-14(15)16;1-4-5-6(2)3;3-1-2(4)5/h2-13H2,1H3,(H2,15,16);4-5H2,1-3H3;1,3H2,(H,4,5). The van der Waals surface area contributed by atoms with Crippen LogP contribution in [0.5, 0.6) is 0 Å². The van der Waals surface area contributed by atoms with Gasteiger partial charge in [-0.1, -0.05) is 78.1 Å². The van der Waals surface area contributed by atoms with E-state index in [1.165, 1.54) is 77.2 Å². The number of hydrogen-bond donors (Lipinski definition) is 3. The zero-order valence-corrected chi connectivity index (χ0v) is 18.5. The highest BCUT2D eigenvalue weighted by Gasteiger charge is 1.95. The van der Waals surface area contributed by atoms with Gasteiger partial charge in [0.25, 0.3) is 0 Å². The molecule has 0 spiro atoms. The lowest BCUT2D eigenvalue weighted by Crippen LogP contribution is -2.11. The first-order valence-electron chi connectivity index (χ1n) is 10.7.